The molecular weight excluding hydrogens is 496 g/mol. The van der Waals surface area contributed by atoms with Crippen molar-refractivity contribution in [2.24, 2.45) is 0 Å². The second-order valence-corrected chi connectivity index (χ2v) is 8.57. The van der Waals surface area contributed by atoms with Crippen LogP contribution in [-0.2, 0) is 0 Å². The lowest BCUT2D eigenvalue weighted by molar-refractivity contribution is 1.52. The molecule has 0 heterocycles. The average molecular weight is 516 g/mol. The molecule has 0 fully saturated rings. The van der Waals surface area contributed by atoms with Crippen LogP contribution in [0, 0.1) is 0 Å². The van der Waals surface area contributed by atoms with Crippen molar-refractivity contribution in [2.45, 2.75) is 0 Å². The molecule has 30 heavy (non-hydrogen) atoms. The molecule has 0 radical (unpaired) electrons. The summed E-state index contributed by atoms with van der Waals surface area (Å²) in [4.78, 5) is 0. The Morgan fingerprint density at radius 1 is 0.467 bits per heavy atom. The van der Waals surface area contributed by atoms with Crippen molar-refractivity contribution in [2.75, 3.05) is 0 Å². The van der Waals surface area contributed by atoms with Crippen molar-refractivity contribution in [1.82, 2.24) is 0 Å². The lowest BCUT2D eigenvalue weighted by Gasteiger charge is -2.15. The van der Waals surface area contributed by atoms with Crippen molar-refractivity contribution in [3.63, 3.8) is 0 Å². The van der Waals surface area contributed by atoms with E-state index < -0.39 is 0 Å². The zero-order chi connectivity index (χ0) is 21.1. The van der Waals surface area contributed by atoms with Crippen molar-refractivity contribution in [3.05, 3.63) is 118 Å². The van der Waals surface area contributed by atoms with E-state index in [4.69, 9.17) is 0 Å². The summed E-state index contributed by atoms with van der Waals surface area (Å²) in [6, 6.07) is 29.7. The number of halogens is 2. The van der Waals surface area contributed by atoms with Crippen LogP contribution < -0.4 is 0 Å². The number of rotatable bonds is 5. The van der Waals surface area contributed by atoms with Crippen LogP contribution in [0.4, 0.5) is 0 Å². The summed E-state index contributed by atoms with van der Waals surface area (Å²) in [5.74, 6) is 0. The molecule has 0 atom stereocenters. The van der Waals surface area contributed by atoms with Gasteiger partial charge in [-0.05, 0) is 76.4 Å². The minimum Gasteiger partial charge on any atom is -0.0985 e. The van der Waals surface area contributed by atoms with Crippen LogP contribution in [-0.4, -0.2) is 0 Å². The van der Waals surface area contributed by atoms with E-state index in [1.54, 1.807) is 0 Å². The summed E-state index contributed by atoms with van der Waals surface area (Å²) >= 11 is 7.74. The van der Waals surface area contributed by atoms with Gasteiger partial charge < -0.3 is 0 Å². The van der Waals surface area contributed by atoms with Crippen LogP contribution >= 0.6 is 31.9 Å². The maximum Gasteiger partial charge on any atom is 0.0332 e. The Bertz CT molecular complexity index is 1120. The molecule has 0 saturated heterocycles. The molecule has 0 spiro atoms. The maximum atomic E-state index is 3.87. The molecule has 4 rings (SSSR count). The van der Waals surface area contributed by atoms with E-state index in [1.165, 1.54) is 11.1 Å². The molecular formula is C28H20Br2. The normalized spacial score (nSPS) is 10.6. The molecule has 0 aliphatic rings. The Balaban J connectivity index is 1.80. The van der Waals surface area contributed by atoms with E-state index >= 15 is 0 Å². The van der Waals surface area contributed by atoms with Crippen LogP contribution in [0.15, 0.2) is 107 Å². The zero-order valence-corrected chi connectivity index (χ0v) is 19.6. The molecule has 2 heteroatoms. The first-order chi connectivity index (χ1) is 14.6. The quantitative estimate of drug-likeness (QED) is 0.248. The zero-order valence-electron chi connectivity index (χ0n) is 16.4. The minimum absolute atomic E-state index is 1.08. The van der Waals surface area contributed by atoms with Crippen molar-refractivity contribution in [1.29, 1.82) is 0 Å². The first-order valence-corrected chi connectivity index (χ1v) is 11.2. The van der Waals surface area contributed by atoms with Gasteiger partial charge in [-0.1, -0.05) is 110 Å². The van der Waals surface area contributed by atoms with E-state index in [1.807, 2.05) is 12.2 Å². The van der Waals surface area contributed by atoms with Gasteiger partial charge in [-0.2, -0.15) is 0 Å². The first kappa shape index (κ1) is 20.6. The Labute approximate surface area is 194 Å². The second-order valence-electron chi connectivity index (χ2n) is 6.99. The van der Waals surface area contributed by atoms with Crippen LogP contribution in [0.1, 0.15) is 11.1 Å². The summed E-state index contributed by atoms with van der Waals surface area (Å²) in [5, 5.41) is 0. The Morgan fingerprint density at radius 3 is 1.13 bits per heavy atom. The van der Waals surface area contributed by atoms with E-state index in [9.17, 15) is 0 Å². The topological polar surface area (TPSA) is 0 Å². The third-order valence-corrected chi connectivity index (χ3v) is 6.91. The fourth-order valence-electron chi connectivity index (χ4n) is 3.52. The molecule has 0 nitrogen and oxygen atoms in total. The summed E-state index contributed by atoms with van der Waals surface area (Å²) in [7, 11) is 0. The highest BCUT2D eigenvalue weighted by Crippen LogP contribution is 2.42. The van der Waals surface area contributed by atoms with Gasteiger partial charge in [0, 0.05) is 8.95 Å². The number of hydrogen-bond donors (Lipinski definition) is 0. The molecule has 0 unspecified atom stereocenters. The van der Waals surface area contributed by atoms with Crippen molar-refractivity contribution in [3.8, 4) is 33.4 Å². The van der Waals surface area contributed by atoms with Gasteiger partial charge in [-0.15, -0.1) is 0 Å². The van der Waals surface area contributed by atoms with Gasteiger partial charge in [0.05, 0.1) is 0 Å². The molecule has 0 N–H and O–H groups in total. The van der Waals surface area contributed by atoms with Gasteiger partial charge in [-0.25, -0.2) is 0 Å². The summed E-state index contributed by atoms with van der Waals surface area (Å²) in [5.41, 5.74) is 9.19. The average Bonchev–Trinajstić information content (AvgIpc) is 2.80. The molecule has 4 aromatic carbocycles. The highest BCUT2D eigenvalue weighted by atomic mass is 79.9. The molecule has 0 aromatic heterocycles. The third kappa shape index (κ3) is 3.98. The van der Waals surface area contributed by atoms with E-state index in [2.05, 4.69) is 130 Å². The molecule has 0 amide bonds. The van der Waals surface area contributed by atoms with Crippen molar-refractivity contribution < 1.29 is 0 Å². The molecule has 4 aromatic rings. The smallest absolute Gasteiger partial charge is 0.0332 e. The van der Waals surface area contributed by atoms with Crippen LogP contribution in [0.2, 0.25) is 0 Å². The highest BCUT2D eigenvalue weighted by molar-refractivity contribution is 9.11. The molecule has 0 saturated carbocycles. The van der Waals surface area contributed by atoms with E-state index in [0.717, 1.165) is 42.3 Å². The molecule has 0 aliphatic heterocycles. The predicted octanol–water partition coefficient (Wildman–Crippen LogP) is 9.50. The van der Waals surface area contributed by atoms with Crippen molar-refractivity contribution >= 4 is 44.0 Å². The molecule has 0 aliphatic carbocycles. The molecule has 0 bridgehead atoms. The second kappa shape index (κ2) is 8.99. The Morgan fingerprint density at radius 2 is 0.800 bits per heavy atom. The summed E-state index contributed by atoms with van der Waals surface area (Å²) in [6.45, 7) is 7.68. The Hall–Kier alpha value is -2.68. The number of benzene rings is 4. The SMILES string of the molecule is C=Cc1ccc(-c2cccc(-c3cccc(-c4ccc(C=C)cc4)c3Br)c2Br)cc1. The maximum absolute atomic E-state index is 3.87. The van der Waals surface area contributed by atoms with Crippen LogP contribution in [0.3, 0.4) is 0 Å². The van der Waals surface area contributed by atoms with Gasteiger partial charge in [0.25, 0.3) is 0 Å². The summed E-state index contributed by atoms with van der Waals surface area (Å²) < 4.78 is 2.16. The van der Waals surface area contributed by atoms with Gasteiger partial charge in [0.15, 0.2) is 0 Å². The summed E-state index contributed by atoms with van der Waals surface area (Å²) in [6.07, 6.45) is 3.72. The molecule has 146 valence electrons. The van der Waals surface area contributed by atoms with Crippen LogP contribution in [0.25, 0.3) is 45.5 Å². The lowest BCUT2D eigenvalue weighted by Crippen LogP contribution is -1.89. The lowest BCUT2D eigenvalue weighted by atomic mass is 9.95. The van der Waals surface area contributed by atoms with Gasteiger partial charge in [0.1, 0.15) is 0 Å². The van der Waals surface area contributed by atoms with Gasteiger partial charge in [0.2, 0.25) is 0 Å². The first-order valence-electron chi connectivity index (χ1n) is 9.65. The largest absolute Gasteiger partial charge is 0.0985 e. The minimum atomic E-state index is 1.08. The highest BCUT2D eigenvalue weighted by Gasteiger charge is 2.14. The van der Waals surface area contributed by atoms with E-state index in [0.29, 0.717) is 0 Å². The van der Waals surface area contributed by atoms with Crippen LogP contribution in [0.5, 0.6) is 0 Å². The standard InChI is InChI=1S/C28H20Br2/c1-3-19-11-15-21(16-12-19)23-7-5-9-25(27(23)29)26-10-6-8-24(28(26)30)22-17-13-20(4-2)14-18-22/h3-18H,1-2H2. The monoisotopic (exact) mass is 514 g/mol. The fraction of sp³-hybridized carbons (Fsp3) is 0. The Kier molecular flexibility index (Phi) is 6.17. The number of hydrogen-bond acceptors (Lipinski definition) is 0. The van der Waals surface area contributed by atoms with E-state index in [-0.39, 0.29) is 0 Å². The van der Waals surface area contributed by atoms with Gasteiger partial charge >= 0.3 is 0 Å². The fourth-order valence-corrected chi connectivity index (χ4v) is 4.94. The predicted molar refractivity (Wildman–Crippen MR) is 138 cm³/mol. The van der Waals surface area contributed by atoms with Gasteiger partial charge in [-0.3, -0.25) is 0 Å². The third-order valence-electron chi connectivity index (χ3n) is 5.20.